The van der Waals surface area contributed by atoms with Gasteiger partial charge in [-0.15, -0.1) is 0 Å². The molecule has 4 heterocycles. The number of carbonyl (C=O) groups excluding carboxylic acids is 1. The van der Waals surface area contributed by atoms with Crippen molar-refractivity contribution in [1.29, 1.82) is 0 Å². The maximum Gasteiger partial charge on any atom is 0.309 e. The molecule has 0 N–H and O–H groups in total. The molecule has 0 aromatic rings. The van der Waals surface area contributed by atoms with E-state index in [0.717, 1.165) is 6.42 Å². The summed E-state index contributed by atoms with van der Waals surface area (Å²) in [5, 5.41) is 0. The summed E-state index contributed by atoms with van der Waals surface area (Å²) < 4.78 is 5.72. The summed E-state index contributed by atoms with van der Waals surface area (Å²) in [6.07, 6.45) is 3.68. The van der Waals surface area contributed by atoms with E-state index in [2.05, 4.69) is 18.7 Å². The minimum Gasteiger partial charge on any atom is -0.460 e. The van der Waals surface area contributed by atoms with Crippen molar-refractivity contribution in [2.45, 2.75) is 45.3 Å². The highest BCUT2D eigenvalue weighted by atomic mass is 16.5. The van der Waals surface area contributed by atoms with Crippen molar-refractivity contribution in [3.05, 3.63) is 0 Å². The van der Waals surface area contributed by atoms with Gasteiger partial charge in [0.25, 0.3) is 0 Å². The lowest BCUT2D eigenvalue weighted by Crippen LogP contribution is -2.62. The number of ether oxygens (including phenoxy) is 1. The van der Waals surface area contributed by atoms with E-state index in [0.29, 0.717) is 17.9 Å². The van der Waals surface area contributed by atoms with E-state index in [1.807, 2.05) is 0 Å². The molecular formula is C13H21NO2. The second kappa shape index (κ2) is 3.73. The number of hydrogen-bond acceptors (Lipinski definition) is 3. The van der Waals surface area contributed by atoms with Crippen molar-refractivity contribution < 1.29 is 9.53 Å². The largest absolute Gasteiger partial charge is 0.460 e. The van der Waals surface area contributed by atoms with Gasteiger partial charge in [0.2, 0.25) is 0 Å². The van der Waals surface area contributed by atoms with Crippen molar-refractivity contribution in [2.24, 2.45) is 17.8 Å². The molecule has 3 heteroatoms. The smallest absolute Gasteiger partial charge is 0.309 e. The topological polar surface area (TPSA) is 29.5 Å². The fraction of sp³-hybridized carbons (Fsp3) is 0.923. The highest BCUT2D eigenvalue weighted by Crippen LogP contribution is 2.41. The fourth-order valence-electron chi connectivity index (χ4n) is 3.68. The Labute approximate surface area is 97.1 Å². The molecule has 0 aromatic carbocycles. The van der Waals surface area contributed by atoms with Crippen LogP contribution in [-0.2, 0) is 9.53 Å². The van der Waals surface area contributed by atoms with Crippen LogP contribution in [0.25, 0.3) is 0 Å². The van der Waals surface area contributed by atoms with E-state index in [4.69, 9.17) is 4.74 Å². The van der Waals surface area contributed by atoms with Crippen LogP contribution in [0.3, 0.4) is 0 Å². The third-order valence-electron chi connectivity index (χ3n) is 4.74. The second-order valence-corrected chi connectivity index (χ2v) is 5.93. The molecule has 4 aliphatic heterocycles. The minimum atomic E-state index is 0.0602. The molecule has 0 saturated carbocycles. The molecule has 3 atom stereocenters. The van der Waals surface area contributed by atoms with Crippen molar-refractivity contribution in [3.63, 3.8) is 0 Å². The molecule has 3 nitrogen and oxygen atoms in total. The van der Waals surface area contributed by atoms with E-state index in [9.17, 15) is 4.79 Å². The van der Waals surface area contributed by atoms with Gasteiger partial charge in [0, 0.05) is 6.04 Å². The molecule has 0 aliphatic carbocycles. The molecule has 0 amide bonds. The zero-order chi connectivity index (χ0) is 11.3. The van der Waals surface area contributed by atoms with Crippen LogP contribution in [0.2, 0.25) is 0 Å². The monoisotopic (exact) mass is 223 g/mol. The number of fused-ring (bicyclic) bond motifs is 2. The van der Waals surface area contributed by atoms with Crippen LogP contribution < -0.4 is 0 Å². The van der Waals surface area contributed by atoms with Crippen LogP contribution >= 0.6 is 0 Å². The van der Waals surface area contributed by atoms with Crippen LogP contribution in [0.5, 0.6) is 0 Å². The zero-order valence-electron chi connectivity index (χ0n) is 10.2. The first-order valence-corrected chi connectivity index (χ1v) is 6.61. The van der Waals surface area contributed by atoms with Gasteiger partial charge in [-0.1, -0.05) is 13.8 Å². The van der Waals surface area contributed by atoms with E-state index >= 15 is 0 Å². The molecule has 0 aromatic heterocycles. The van der Waals surface area contributed by atoms with Gasteiger partial charge in [0.05, 0.1) is 5.92 Å². The zero-order valence-corrected chi connectivity index (χ0v) is 10.2. The number of nitrogens with zero attached hydrogens (tertiary/aromatic N) is 1. The second-order valence-electron chi connectivity index (χ2n) is 5.93. The summed E-state index contributed by atoms with van der Waals surface area (Å²) in [7, 11) is 0. The molecule has 4 aliphatic rings. The van der Waals surface area contributed by atoms with Gasteiger partial charge in [-0.05, 0) is 44.2 Å². The molecule has 4 saturated heterocycles. The molecule has 2 bridgehead atoms. The highest BCUT2D eigenvalue weighted by molar-refractivity contribution is 5.74. The minimum absolute atomic E-state index is 0.0602. The number of carbonyl (C=O) groups is 1. The van der Waals surface area contributed by atoms with E-state index < -0.39 is 0 Å². The maximum atomic E-state index is 11.9. The van der Waals surface area contributed by atoms with Crippen molar-refractivity contribution in [1.82, 2.24) is 4.90 Å². The summed E-state index contributed by atoms with van der Waals surface area (Å²) in [6, 6.07) is 0.526. The van der Waals surface area contributed by atoms with Gasteiger partial charge in [-0.2, -0.15) is 0 Å². The number of hydrogen-bond donors (Lipinski definition) is 0. The van der Waals surface area contributed by atoms with Gasteiger partial charge < -0.3 is 4.74 Å². The van der Waals surface area contributed by atoms with Gasteiger partial charge >= 0.3 is 5.97 Å². The maximum absolute atomic E-state index is 11.9. The first-order chi connectivity index (χ1) is 7.66. The Balaban J connectivity index is 1.80. The van der Waals surface area contributed by atoms with Crippen LogP contribution in [-0.4, -0.2) is 36.1 Å². The molecular weight excluding hydrogens is 202 g/mol. The molecule has 4 fully saturated rings. The van der Waals surface area contributed by atoms with Crippen LogP contribution in [0.15, 0.2) is 0 Å². The first kappa shape index (κ1) is 10.6. The van der Waals surface area contributed by atoms with Crippen molar-refractivity contribution >= 4 is 5.97 Å². The normalized spacial score (nSPS) is 46.7. The summed E-state index contributed by atoms with van der Waals surface area (Å²) in [4.78, 5) is 14.5. The number of rotatable bonds is 1. The Morgan fingerprint density at radius 1 is 1.31 bits per heavy atom. The lowest BCUT2D eigenvalue weighted by Gasteiger charge is -2.53. The van der Waals surface area contributed by atoms with Crippen LogP contribution in [0.1, 0.15) is 33.1 Å². The average molecular weight is 223 g/mol. The Kier molecular flexibility index (Phi) is 2.46. The van der Waals surface area contributed by atoms with Gasteiger partial charge in [-0.3, -0.25) is 9.69 Å². The molecule has 90 valence electrons. The molecule has 3 unspecified atom stereocenters. The quantitative estimate of drug-likeness (QED) is 0.633. The van der Waals surface area contributed by atoms with E-state index in [1.54, 1.807) is 0 Å². The van der Waals surface area contributed by atoms with Gasteiger partial charge in [0.15, 0.2) is 0 Å². The Morgan fingerprint density at radius 2 is 2.00 bits per heavy atom. The van der Waals surface area contributed by atoms with Gasteiger partial charge in [-0.25, -0.2) is 0 Å². The number of piperidine rings is 3. The van der Waals surface area contributed by atoms with E-state index in [1.165, 1.54) is 25.9 Å². The lowest BCUT2D eigenvalue weighted by molar-refractivity contribution is -0.188. The summed E-state index contributed by atoms with van der Waals surface area (Å²) >= 11 is 0. The van der Waals surface area contributed by atoms with Crippen molar-refractivity contribution in [3.8, 4) is 0 Å². The Morgan fingerprint density at radius 3 is 2.62 bits per heavy atom. The SMILES string of the molecule is CC(C)C1CC2C(OC1=O)C1CCN2CC1. The predicted molar refractivity (Wildman–Crippen MR) is 60.9 cm³/mol. The number of esters is 1. The summed E-state index contributed by atoms with van der Waals surface area (Å²) in [5.41, 5.74) is 0. The molecule has 0 radical (unpaired) electrons. The molecule has 16 heavy (non-hydrogen) atoms. The standard InChI is InChI=1S/C13H21NO2/c1-8(2)10-7-11-12(16-13(10)15)9-3-5-14(11)6-4-9/h8-12H,3-7H2,1-2H3. The highest BCUT2D eigenvalue weighted by Gasteiger charge is 2.49. The van der Waals surface area contributed by atoms with Crippen LogP contribution in [0.4, 0.5) is 0 Å². The fourth-order valence-corrected chi connectivity index (χ4v) is 3.68. The summed E-state index contributed by atoms with van der Waals surface area (Å²) in [5.74, 6) is 1.24. The van der Waals surface area contributed by atoms with Crippen LogP contribution in [0, 0.1) is 17.8 Å². The third-order valence-corrected chi connectivity index (χ3v) is 4.74. The summed E-state index contributed by atoms with van der Waals surface area (Å²) in [6.45, 7) is 6.69. The van der Waals surface area contributed by atoms with Crippen molar-refractivity contribution in [2.75, 3.05) is 13.1 Å². The predicted octanol–water partition coefficient (Wildman–Crippen LogP) is 1.67. The molecule has 4 rings (SSSR count). The average Bonchev–Trinajstić information content (AvgIpc) is 2.29. The van der Waals surface area contributed by atoms with Gasteiger partial charge in [0.1, 0.15) is 6.10 Å². The molecule has 0 spiro atoms. The van der Waals surface area contributed by atoms with E-state index in [-0.39, 0.29) is 18.0 Å². The Bertz CT molecular complexity index is 294. The third kappa shape index (κ3) is 1.48. The lowest BCUT2D eigenvalue weighted by atomic mass is 9.74. The Hall–Kier alpha value is -0.570. The first-order valence-electron chi connectivity index (χ1n) is 6.61.